The van der Waals surface area contributed by atoms with E-state index in [2.05, 4.69) is 26.1 Å². The lowest BCUT2D eigenvalue weighted by Gasteiger charge is -2.39. The molecule has 1 rings (SSSR count). The number of nitrogens with one attached hydrogen (secondary N) is 1. The summed E-state index contributed by atoms with van der Waals surface area (Å²) in [4.78, 5) is 10.6. The Hall–Kier alpha value is -0.570. The third-order valence-electron chi connectivity index (χ3n) is 2.21. The Kier molecular flexibility index (Phi) is 2.42. The van der Waals surface area contributed by atoms with Crippen LogP contribution in [0.25, 0.3) is 0 Å². The van der Waals surface area contributed by atoms with E-state index in [0.717, 1.165) is 12.8 Å². The fourth-order valence-corrected chi connectivity index (χ4v) is 1.52. The summed E-state index contributed by atoms with van der Waals surface area (Å²) in [5, 5.41) is 12.1. The van der Waals surface area contributed by atoms with Crippen LogP contribution in [-0.2, 0) is 4.79 Å². The lowest BCUT2D eigenvalue weighted by Crippen LogP contribution is -2.54. The number of carbonyl (C=O) groups is 1. The van der Waals surface area contributed by atoms with Crippen LogP contribution in [0.4, 0.5) is 0 Å². The van der Waals surface area contributed by atoms with E-state index in [1.807, 2.05) is 0 Å². The van der Waals surface area contributed by atoms with Gasteiger partial charge in [-0.25, -0.2) is 0 Å². The molecule has 3 heteroatoms. The van der Waals surface area contributed by atoms with E-state index in [9.17, 15) is 4.79 Å². The van der Waals surface area contributed by atoms with Crippen molar-refractivity contribution < 1.29 is 9.90 Å². The predicted octanol–water partition coefficient (Wildman–Crippen LogP) is 1.24. The van der Waals surface area contributed by atoms with Gasteiger partial charge in [-0.05, 0) is 33.6 Å². The second kappa shape index (κ2) is 3.05. The highest BCUT2D eigenvalue weighted by atomic mass is 16.4. The average molecular weight is 171 g/mol. The molecule has 0 spiro atoms. The van der Waals surface area contributed by atoms with Crippen molar-refractivity contribution in [3.63, 3.8) is 0 Å². The van der Waals surface area contributed by atoms with Gasteiger partial charge in [0, 0.05) is 11.6 Å². The zero-order valence-corrected chi connectivity index (χ0v) is 7.92. The molecule has 3 nitrogen and oxygen atoms in total. The van der Waals surface area contributed by atoms with Gasteiger partial charge in [-0.15, -0.1) is 0 Å². The van der Waals surface area contributed by atoms with Crippen LogP contribution < -0.4 is 5.32 Å². The SMILES string of the molecule is CC(C)(C)NC1CCC1C(=O)O. The molecule has 0 aromatic heterocycles. The summed E-state index contributed by atoms with van der Waals surface area (Å²) in [5.41, 5.74) is 0.0266. The van der Waals surface area contributed by atoms with Gasteiger partial charge in [0.05, 0.1) is 5.92 Å². The van der Waals surface area contributed by atoms with E-state index in [-0.39, 0.29) is 17.5 Å². The molecule has 0 aliphatic heterocycles. The summed E-state index contributed by atoms with van der Waals surface area (Å²) in [7, 11) is 0. The molecule has 0 saturated heterocycles. The Bertz CT molecular complexity index is 183. The highest BCUT2D eigenvalue weighted by Gasteiger charge is 2.37. The summed E-state index contributed by atoms with van der Waals surface area (Å²) in [5.74, 6) is -0.827. The number of hydrogen-bond donors (Lipinski definition) is 2. The molecule has 0 bridgehead atoms. The van der Waals surface area contributed by atoms with Crippen molar-refractivity contribution in [2.24, 2.45) is 5.92 Å². The van der Waals surface area contributed by atoms with Gasteiger partial charge < -0.3 is 10.4 Å². The zero-order valence-electron chi connectivity index (χ0n) is 7.92. The normalized spacial score (nSPS) is 29.6. The van der Waals surface area contributed by atoms with Crippen molar-refractivity contribution in [3.05, 3.63) is 0 Å². The summed E-state index contributed by atoms with van der Waals surface area (Å²) in [6, 6.07) is 0.183. The third-order valence-corrected chi connectivity index (χ3v) is 2.21. The standard InChI is InChI=1S/C9H17NO2/c1-9(2,3)10-7-5-4-6(7)8(11)12/h6-7,10H,4-5H2,1-3H3,(H,11,12). The van der Waals surface area contributed by atoms with Crippen molar-refractivity contribution >= 4 is 5.97 Å². The molecule has 2 atom stereocenters. The number of carboxylic acids is 1. The molecule has 2 unspecified atom stereocenters. The molecule has 0 aromatic carbocycles. The van der Waals surface area contributed by atoms with Crippen molar-refractivity contribution in [2.75, 3.05) is 0 Å². The first-order valence-electron chi connectivity index (χ1n) is 4.40. The highest BCUT2D eigenvalue weighted by Crippen LogP contribution is 2.29. The number of rotatable bonds is 2. The van der Waals surface area contributed by atoms with E-state index >= 15 is 0 Å². The van der Waals surface area contributed by atoms with Crippen molar-refractivity contribution in [1.29, 1.82) is 0 Å². The maximum atomic E-state index is 10.6. The first kappa shape index (κ1) is 9.52. The Morgan fingerprint density at radius 3 is 2.25 bits per heavy atom. The topological polar surface area (TPSA) is 49.3 Å². The minimum Gasteiger partial charge on any atom is -0.481 e. The molecular weight excluding hydrogens is 154 g/mol. The monoisotopic (exact) mass is 171 g/mol. The van der Waals surface area contributed by atoms with Crippen LogP contribution in [0.2, 0.25) is 0 Å². The minimum atomic E-state index is -0.664. The molecule has 12 heavy (non-hydrogen) atoms. The molecule has 0 heterocycles. The number of aliphatic carboxylic acids is 1. The van der Waals surface area contributed by atoms with Gasteiger partial charge in [-0.2, -0.15) is 0 Å². The van der Waals surface area contributed by atoms with Crippen molar-refractivity contribution in [3.8, 4) is 0 Å². The Morgan fingerprint density at radius 1 is 1.42 bits per heavy atom. The van der Waals surface area contributed by atoms with Crippen LogP contribution in [-0.4, -0.2) is 22.7 Å². The largest absolute Gasteiger partial charge is 0.481 e. The van der Waals surface area contributed by atoms with Gasteiger partial charge in [-0.1, -0.05) is 0 Å². The van der Waals surface area contributed by atoms with Crippen LogP contribution in [0.5, 0.6) is 0 Å². The van der Waals surface area contributed by atoms with E-state index < -0.39 is 5.97 Å². The second-order valence-electron chi connectivity index (χ2n) is 4.52. The van der Waals surface area contributed by atoms with E-state index in [0.29, 0.717) is 0 Å². The second-order valence-corrected chi connectivity index (χ2v) is 4.52. The van der Waals surface area contributed by atoms with Gasteiger partial charge in [-0.3, -0.25) is 4.79 Å². The first-order valence-corrected chi connectivity index (χ1v) is 4.40. The smallest absolute Gasteiger partial charge is 0.308 e. The maximum absolute atomic E-state index is 10.6. The van der Waals surface area contributed by atoms with E-state index in [1.165, 1.54) is 0 Å². The third kappa shape index (κ3) is 2.21. The Balaban J connectivity index is 2.40. The molecule has 0 aromatic rings. The van der Waals surface area contributed by atoms with Gasteiger partial charge in [0.2, 0.25) is 0 Å². The maximum Gasteiger partial charge on any atom is 0.308 e. The van der Waals surface area contributed by atoms with Gasteiger partial charge >= 0.3 is 5.97 Å². The molecule has 1 fully saturated rings. The minimum absolute atomic E-state index is 0.0266. The van der Waals surface area contributed by atoms with Gasteiger partial charge in [0.15, 0.2) is 0 Å². The average Bonchev–Trinajstić information content (AvgIpc) is 1.77. The Morgan fingerprint density at radius 2 is 2.00 bits per heavy atom. The van der Waals surface area contributed by atoms with Crippen molar-refractivity contribution in [2.45, 2.75) is 45.2 Å². The molecule has 70 valence electrons. The van der Waals surface area contributed by atoms with Crippen LogP contribution in [0.15, 0.2) is 0 Å². The molecular formula is C9H17NO2. The molecule has 0 amide bonds. The van der Waals surface area contributed by atoms with Crippen molar-refractivity contribution in [1.82, 2.24) is 5.32 Å². The van der Waals surface area contributed by atoms with Gasteiger partial charge in [0.25, 0.3) is 0 Å². The van der Waals surface area contributed by atoms with Gasteiger partial charge in [0.1, 0.15) is 0 Å². The van der Waals surface area contributed by atoms with Crippen LogP contribution in [0.3, 0.4) is 0 Å². The molecule has 0 radical (unpaired) electrons. The fraction of sp³-hybridized carbons (Fsp3) is 0.889. The Labute approximate surface area is 73.2 Å². The fourth-order valence-electron chi connectivity index (χ4n) is 1.52. The molecule has 1 saturated carbocycles. The number of hydrogen-bond acceptors (Lipinski definition) is 2. The number of carboxylic acid groups (broad SMARTS) is 1. The summed E-state index contributed by atoms with van der Waals surface area (Å²) in [6.45, 7) is 6.18. The van der Waals surface area contributed by atoms with Crippen LogP contribution in [0.1, 0.15) is 33.6 Å². The summed E-state index contributed by atoms with van der Waals surface area (Å²) in [6.07, 6.45) is 1.82. The van der Waals surface area contributed by atoms with Crippen LogP contribution in [0, 0.1) is 5.92 Å². The predicted molar refractivity (Wildman–Crippen MR) is 47.0 cm³/mol. The quantitative estimate of drug-likeness (QED) is 0.657. The lowest BCUT2D eigenvalue weighted by molar-refractivity contribution is -0.146. The first-order chi connectivity index (χ1) is 5.40. The highest BCUT2D eigenvalue weighted by molar-refractivity contribution is 5.72. The molecule has 1 aliphatic carbocycles. The summed E-state index contributed by atoms with van der Waals surface area (Å²) >= 11 is 0. The van der Waals surface area contributed by atoms with E-state index in [1.54, 1.807) is 0 Å². The van der Waals surface area contributed by atoms with E-state index in [4.69, 9.17) is 5.11 Å². The summed E-state index contributed by atoms with van der Waals surface area (Å²) < 4.78 is 0. The zero-order chi connectivity index (χ0) is 9.35. The van der Waals surface area contributed by atoms with Crippen LogP contribution >= 0.6 is 0 Å². The molecule has 1 aliphatic rings. The molecule has 2 N–H and O–H groups in total. The lowest BCUT2D eigenvalue weighted by atomic mass is 9.78.